The number of hydrogen-bond donors (Lipinski definition) is 1. The van der Waals surface area contributed by atoms with Crippen LogP contribution in [0, 0.1) is 5.82 Å². The van der Waals surface area contributed by atoms with Crippen molar-refractivity contribution in [3.63, 3.8) is 0 Å². The Morgan fingerprint density at radius 2 is 1.98 bits per heavy atom. The van der Waals surface area contributed by atoms with Crippen molar-refractivity contribution in [3.8, 4) is 11.5 Å². The molecule has 0 saturated heterocycles. The smallest absolute Gasteiger partial charge is 0.166 e. The van der Waals surface area contributed by atoms with Gasteiger partial charge in [0.25, 0.3) is 0 Å². The van der Waals surface area contributed by atoms with Crippen LogP contribution in [0.15, 0.2) is 77.7 Å². The number of nitrogens with one attached hydrogen (secondary N) is 1. The van der Waals surface area contributed by atoms with Crippen molar-refractivity contribution in [2.75, 3.05) is 30.5 Å². The first kappa shape index (κ1) is 31.7. The lowest BCUT2D eigenvalue weighted by atomic mass is 9.85. The molecule has 0 aliphatic carbocycles. The second-order valence-corrected chi connectivity index (χ2v) is 13.6. The van der Waals surface area contributed by atoms with Gasteiger partial charge in [0.05, 0.1) is 41.8 Å². The van der Waals surface area contributed by atoms with Gasteiger partial charge in [0.15, 0.2) is 15.4 Å². The van der Waals surface area contributed by atoms with Crippen LogP contribution in [0.5, 0.6) is 11.5 Å². The van der Waals surface area contributed by atoms with Gasteiger partial charge in [-0.2, -0.15) is 0 Å². The molecule has 0 amide bonds. The molecule has 2 unspecified atom stereocenters. The largest absolute Gasteiger partial charge is 0.496 e. The van der Waals surface area contributed by atoms with Crippen molar-refractivity contribution < 1.29 is 31.8 Å². The Labute approximate surface area is 264 Å². The third kappa shape index (κ3) is 6.98. The summed E-state index contributed by atoms with van der Waals surface area (Å²) in [7, 11) is -1.60. The predicted octanol–water partition coefficient (Wildman–Crippen LogP) is 6.83. The van der Waals surface area contributed by atoms with Gasteiger partial charge in [-0.25, -0.2) is 22.8 Å². The fourth-order valence-electron chi connectivity index (χ4n) is 5.03. The van der Waals surface area contributed by atoms with Crippen LogP contribution in [0.1, 0.15) is 31.4 Å². The zero-order valence-electron chi connectivity index (χ0n) is 24.5. The van der Waals surface area contributed by atoms with Crippen molar-refractivity contribution in [2.24, 2.45) is 0 Å². The van der Waals surface area contributed by atoms with Gasteiger partial charge < -0.3 is 24.3 Å². The molecule has 44 heavy (non-hydrogen) atoms. The highest BCUT2D eigenvalue weighted by Gasteiger charge is 2.44. The molecule has 0 saturated carbocycles. The highest BCUT2D eigenvalue weighted by atomic mass is 79.9. The third-order valence-electron chi connectivity index (χ3n) is 7.54. The number of rotatable bonds is 13. The minimum absolute atomic E-state index is 0.0467. The summed E-state index contributed by atoms with van der Waals surface area (Å²) >= 11 is 3.57. The predicted molar refractivity (Wildman–Crippen MR) is 171 cm³/mol. The number of anilines is 2. The van der Waals surface area contributed by atoms with Crippen LogP contribution in [0.3, 0.4) is 0 Å². The molecule has 0 bridgehead atoms. The van der Waals surface area contributed by atoms with E-state index in [1.54, 1.807) is 32.4 Å². The molecule has 1 N–H and O–H groups in total. The van der Waals surface area contributed by atoms with Crippen molar-refractivity contribution in [2.45, 2.75) is 38.6 Å². The molecule has 9 nitrogen and oxygen atoms in total. The number of fused-ring (bicyclic) bond motifs is 1. The maximum absolute atomic E-state index is 13.5. The van der Waals surface area contributed by atoms with Crippen LogP contribution in [0.25, 0.3) is 10.9 Å². The highest BCUT2D eigenvalue weighted by Crippen LogP contribution is 2.45. The number of sulfone groups is 1. The maximum atomic E-state index is 13.5. The van der Waals surface area contributed by atoms with Gasteiger partial charge in [-0.15, -0.1) is 0 Å². The van der Waals surface area contributed by atoms with Crippen LogP contribution in [-0.4, -0.2) is 49.7 Å². The Kier molecular flexibility index (Phi) is 9.72. The monoisotopic (exact) mass is 685 g/mol. The fraction of sp³-hybridized carbons (Fsp3) is 0.312. The van der Waals surface area contributed by atoms with Gasteiger partial charge in [-0.3, -0.25) is 0 Å². The molecule has 0 spiro atoms. The number of nitrogens with zero attached hydrogens (tertiary/aromatic N) is 2. The number of ether oxygens (including phenoxy) is 4. The van der Waals surface area contributed by atoms with E-state index in [0.717, 1.165) is 22.2 Å². The minimum atomic E-state index is -3.18. The topological polar surface area (TPSA) is 109 Å². The molecule has 3 aromatic carbocycles. The summed E-state index contributed by atoms with van der Waals surface area (Å²) in [6.45, 7) is 3.75. The first-order valence-electron chi connectivity index (χ1n) is 14.1. The quantitative estimate of drug-likeness (QED) is 0.162. The zero-order chi connectivity index (χ0) is 31.3. The molecule has 1 aromatic heterocycles. The van der Waals surface area contributed by atoms with E-state index in [-0.39, 0.29) is 30.5 Å². The first-order valence-corrected chi connectivity index (χ1v) is 16.7. The minimum Gasteiger partial charge on any atom is -0.496 e. The summed E-state index contributed by atoms with van der Waals surface area (Å²) in [4.78, 5) is 8.98. The highest BCUT2D eigenvalue weighted by molar-refractivity contribution is 9.10. The van der Waals surface area contributed by atoms with Crippen molar-refractivity contribution in [1.82, 2.24) is 9.97 Å². The van der Waals surface area contributed by atoms with Crippen molar-refractivity contribution in [3.05, 3.63) is 94.7 Å². The zero-order valence-corrected chi connectivity index (χ0v) is 27.0. The number of aromatic nitrogens is 2. The van der Waals surface area contributed by atoms with Gasteiger partial charge >= 0.3 is 0 Å². The fourth-order valence-corrected chi connectivity index (χ4v) is 6.16. The van der Waals surface area contributed by atoms with Gasteiger partial charge in [0.2, 0.25) is 0 Å². The standard InChI is InChI=1S/C32H33BrFN3O6S/c1-4-44(38,39)14-13-41-21(2)32(11-6-12-43-32)26-17-25-28(18-30(26)40-3)35-20-36-31(25)37-24-9-10-29(27(33)16-24)42-19-22-7-5-8-23(34)15-22/h5-10,12,15-18,20-21H,4,11,13-14,19H2,1-3H3,(H,35,36,37). The number of halogens is 2. The molecule has 0 radical (unpaired) electrons. The maximum Gasteiger partial charge on any atom is 0.166 e. The molecule has 12 heteroatoms. The lowest BCUT2D eigenvalue weighted by molar-refractivity contribution is -0.0973. The van der Waals surface area contributed by atoms with E-state index in [4.69, 9.17) is 18.9 Å². The summed E-state index contributed by atoms with van der Waals surface area (Å²) in [6, 6.07) is 15.6. The number of benzene rings is 3. The molecular weight excluding hydrogens is 653 g/mol. The Morgan fingerprint density at radius 1 is 1.14 bits per heavy atom. The summed E-state index contributed by atoms with van der Waals surface area (Å²) in [5.74, 6) is 1.40. The molecule has 2 heterocycles. The van der Waals surface area contributed by atoms with Crippen molar-refractivity contribution in [1.29, 1.82) is 0 Å². The molecular formula is C32H33BrFN3O6S. The van der Waals surface area contributed by atoms with Crippen LogP contribution >= 0.6 is 15.9 Å². The Hall–Kier alpha value is -3.74. The van der Waals surface area contributed by atoms with Crippen LogP contribution in [0.2, 0.25) is 0 Å². The van der Waals surface area contributed by atoms with Gasteiger partial charge in [0, 0.05) is 34.9 Å². The van der Waals surface area contributed by atoms with Crippen LogP contribution in [0.4, 0.5) is 15.9 Å². The first-order chi connectivity index (χ1) is 21.1. The molecule has 0 fully saturated rings. The number of methoxy groups -OCH3 is 1. The van der Waals surface area contributed by atoms with E-state index in [9.17, 15) is 12.8 Å². The van der Waals surface area contributed by atoms with Crippen LogP contribution < -0.4 is 14.8 Å². The third-order valence-corrected chi connectivity index (χ3v) is 9.83. The molecule has 4 aromatic rings. The van der Waals surface area contributed by atoms with E-state index >= 15 is 0 Å². The lowest BCUT2D eigenvalue weighted by Gasteiger charge is -2.36. The summed E-state index contributed by atoms with van der Waals surface area (Å²) in [6.07, 6.45) is 4.99. The molecule has 5 rings (SSSR count). The van der Waals surface area contributed by atoms with E-state index in [1.807, 2.05) is 43.3 Å². The van der Waals surface area contributed by atoms with E-state index in [0.29, 0.717) is 33.7 Å². The van der Waals surface area contributed by atoms with E-state index < -0.39 is 21.5 Å². The summed E-state index contributed by atoms with van der Waals surface area (Å²) < 4.78 is 62.3. The van der Waals surface area contributed by atoms with Gasteiger partial charge in [-0.05, 0) is 70.9 Å². The Morgan fingerprint density at radius 3 is 2.68 bits per heavy atom. The normalized spacial score (nSPS) is 16.9. The van der Waals surface area contributed by atoms with E-state index in [1.165, 1.54) is 18.5 Å². The Balaban J connectivity index is 1.42. The summed E-state index contributed by atoms with van der Waals surface area (Å²) in [5, 5.41) is 4.09. The molecule has 1 aliphatic heterocycles. The second kappa shape index (κ2) is 13.5. The second-order valence-electron chi connectivity index (χ2n) is 10.3. The van der Waals surface area contributed by atoms with Crippen molar-refractivity contribution >= 4 is 48.2 Å². The van der Waals surface area contributed by atoms with E-state index in [2.05, 4.69) is 31.2 Å². The SMILES string of the molecule is CCS(=O)(=O)CCOC(C)C1(c2cc3c(Nc4ccc(OCc5cccc(F)c5)c(Br)c4)ncnc3cc2OC)CC=CO1. The average Bonchev–Trinajstić information content (AvgIpc) is 3.51. The Bertz CT molecular complexity index is 1780. The molecule has 1 aliphatic rings. The molecule has 232 valence electrons. The number of hydrogen-bond acceptors (Lipinski definition) is 9. The lowest BCUT2D eigenvalue weighted by Crippen LogP contribution is -2.40. The molecule has 2 atom stereocenters. The van der Waals surface area contributed by atoms with Crippen LogP contribution in [-0.2, 0) is 31.5 Å². The van der Waals surface area contributed by atoms with Gasteiger partial charge in [-0.1, -0.05) is 19.1 Å². The summed E-state index contributed by atoms with van der Waals surface area (Å²) in [5.41, 5.74) is 1.90. The average molecular weight is 687 g/mol. The van der Waals surface area contributed by atoms with Gasteiger partial charge in [0.1, 0.15) is 36.1 Å².